The van der Waals surface area contributed by atoms with Crippen LogP contribution in [0.3, 0.4) is 0 Å². The maximum Gasteiger partial charge on any atom is 0.186 e. The smallest absolute Gasteiger partial charge is 0.186 e. The number of nitrogens with two attached hydrogens (primary N) is 1. The van der Waals surface area contributed by atoms with Crippen molar-refractivity contribution in [2.75, 3.05) is 6.61 Å². The van der Waals surface area contributed by atoms with E-state index in [-0.39, 0.29) is 18.4 Å². The van der Waals surface area contributed by atoms with E-state index < -0.39 is 16.7 Å². The van der Waals surface area contributed by atoms with Gasteiger partial charge < -0.3 is 10.5 Å². The van der Waals surface area contributed by atoms with E-state index in [0.717, 1.165) is 0 Å². The van der Waals surface area contributed by atoms with Crippen molar-refractivity contribution in [2.24, 2.45) is 5.73 Å². The number of fused-ring (bicyclic) bond motifs is 1. The highest BCUT2D eigenvalue weighted by molar-refractivity contribution is 6.31. The minimum atomic E-state index is -0.839. The fraction of sp³-hybridized carbons (Fsp3) is 0.333. The van der Waals surface area contributed by atoms with Crippen molar-refractivity contribution < 1.29 is 13.5 Å². The molecule has 2 rings (SSSR count). The number of halogens is 3. The molecule has 1 aromatic rings. The zero-order valence-electron chi connectivity index (χ0n) is 7.19. The van der Waals surface area contributed by atoms with Gasteiger partial charge in [0.15, 0.2) is 11.6 Å². The van der Waals surface area contributed by atoms with Crippen LogP contribution in [0.1, 0.15) is 5.56 Å². The summed E-state index contributed by atoms with van der Waals surface area (Å²) in [7, 11) is 0. The molecule has 1 unspecified atom stereocenters. The molecule has 0 aromatic heterocycles. The molecule has 76 valence electrons. The SMILES string of the molecule is NC1COc2c(cc(F)c(Cl)c2F)C1. The van der Waals surface area contributed by atoms with E-state index in [2.05, 4.69) is 0 Å². The van der Waals surface area contributed by atoms with Gasteiger partial charge in [-0.05, 0) is 12.5 Å². The molecule has 1 atom stereocenters. The van der Waals surface area contributed by atoms with Crippen LogP contribution in [0.2, 0.25) is 5.02 Å². The highest BCUT2D eigenvalue weighted by atomic mass is 35.5. The van der Waals surface area contributed by atoms with E-state index in [1.165, 1.54) is 6.07 Å². The highest BCUT2D eigenvalue weighted by Gasteiger charge is 2.24. The van der Waals surface area contributed by atoms with E-state index >= 15 is 0 Å². The molecule has 1 aromatic carbocycles. The lowest BCUT2D eigenvalue weighted by Crippen LogP contribution is -2.34. The lowest BCUT2D eigenvalue weighted by atomic mass is 10.0. The summed E-state index contributed by atoms with van der Waals surface area (Å²) in [6.07, 6.45) is 0.403. The number of hydrogen-bond donors (Lipinski definition) is 1. The van der Waals surface area contributed by atoms with Gasteiger partial charge in [-0.25, -0.2) is 8.78 Å². The van der Waals surface area contributed by atoms with E-state index in [1.54, 1.807) is 0 Å². The molecule has 0 bridgehead atoms. The summed E-state index contributed by atoms with van der Waals surface area (Å²) in [6, 6.07) is 0.947. The third-order valence-electron chi connectivity index (χ3n) is 2.12. The standard InChI is InChI=1S/C9H8ClF2NO/c10-7-6(11)2-4-1-5(13)3-14-9(4)8(7)12/h2,5H,1,3,13H2. The Hall–Kier alpha value is -0.870. The van der Waals surface area contributed by atoms with Gasteiger partial charge in [0.05, 0.1) is 0 Å². The summed E-state index contributed by atoms with van der Waals surface area (Å²) in [5, 5.41) is -0.528. The first-order valence-electron chi connectivity index (χ1n) is 4.14. The van der Waals surface area contributed by atoms with E-state index in [0.29, 0.717) is 12.0 Å². The van der Waals surface area contributed by atoms with Crippen LogP contribution in [0.25, 0.3) is 0 Å². The molecule has 5 heteroatoms. The fourth-order valence-corrected chi connectivity index (χ4v) is 1.61. The summed E-state index contributed by atoms with van der Waals surface area (Å²) in [6.45, 7) is 0.228. The Balaban J connectivity index is 2.54. The van der Waals surface area contributed by atoms with Crippen molar-refractivity contribution in [2.45, 2.75) is 12.5 Å². The predicted molar refractivity (Wildman–Crippen MR) is 48.5 cm³/mol. The van der Waals surface area contributed by atoms with Crippen molar-refractivity contribution in [1.29, 1.82) is 0 Å². The topological polar surface area (TPSA) is 35.2 Å². The molecule has 1 heterocycles. The van der Waals surface area contributed by atoms with Crippen molar-refractivity contribution in [1.82, 2.24) is 0 Å². The van der Waals surface area contributed by atoms with Crippen LogP contribution >= 0.6 is 11.6 Å². The third kappa shape index (κ3) is 1.44. The van der Waals surface area contributed by atoms with E-state index in [4.69, 9.17) is 22.1 Å². The maximum atomic E-state index is 13.3. The molecule has 1 aliphatic heterocycles. The molecule has 2 nitrogen and oxygen atoms in total. The summed E-state index contributed by atoms with van der Waals surface area (Å²) in [5.41, 5.74) is 6.02. The number of rotatable bonds is 0. The zero-order chi connectivity index (χ0) is 10.3. The Labute approximate surface area is 84.6 Å². The van der Waals surface area contributed by atoms with Crippen LogP contribution in [-0.2, 0) is 6.42 Å². The largest absolute Gasteiger partial charge is 0.489 e. The maximum absolute atomic E-state index is 13.3. The fourth-order valence-electron chi connectivity index (χ4n) is 1.47. The normalized spacial score (nSPS) is 20.1. The average Bonchev–Trinajstić information content (AvgIpc) is 2.14. The highest BCUT2D eigenvalue weighted by Crippen LogP contribution is 2.34. The Morgan fingerprint density at radius 2 is 2.21 bits per heavy atom. The van der Waals surface area contributed by atoms with Gasteiger partial charge in [0.1, 0.15) is 17.4 Å². The molecular weight excluding hydrogens is 212 g/mol. The van der Waals surface area contributed by atoms with Crippen LogP contribution in [0.4, 0.5) is 8.78 Å². The van der Waals surface area contributed by atoms with Crippen LogP contribution < -0.4 is 10.5 Å². The van der Waals surface area contributed by atoms with Crippen LogP contribution in [0.5, 0.6) is 5.75 Å². The second-order valence-corrected chi connectivity index (χ2v) is 3.63. The minimum Gasteiger partial charge on any atom is -0.489 e. The summed E-state index contributed by atoms with van der Waals surface area (Å²) in [4.78, 5) is 0. The first-order chi connectivity index (χ1) is 6.59. The van der Waals surface area contributed by atoms with Gasteiger partial charge in [-0.3, -0.25) is 0 Å². The minimum absolute atomic E-state index is 0.0260. The van der Waals surface area contributed by atoms with E-state index in [9.17, 15) is 8.78 Å². The van der Waals surface area contributed by atoms with Gasteiger partial charge in [-0.2, -0.15) is 0 Å². The molecule has 0 saturated carbocycles. The second-order valence-electron chi connectivity index (χ2n) is 3.25. The summed E-state index contributed by atoms with van der Waals surface area (Å²) in [5.74, 6) is -1.59. The van der Waals surface area contributed by atoms with Gasteiger partial charge in [0.25, 0.3) is 0 Å². The first kappa shape index (κ1) is 9.68. The molecular formula is C9H8ClF2NO. The third-order valence-corrected chi connectivity index (χ3v) is 2.46. The molecule has 0 spiro atoms. The Bertz CT molecular complexity index is 384. The quantitative estimate of drug-likeness (QED) is 0.677. The molecule has 0 amide bonds. The molecule has 0 aliphatic carbocycles. The zero-order valence-corrected chi connectivity index (χ0v) is 7.94. The Kier molecular flexibility index (Phi) is 2.33. The van der Waals surface area contributed by atoms with Gasteiger partial charge in [-0.1, -0.05) is 11.6 Å². The summed E-state index contributed by atoms with van der Waals surface area (Å²) >= 11 is 5.39. The lowest BCUT2D eigenvalue weighted by molar-refractivity contribution is 0.249. The van der Waals surface area contributed by atoms with Gasteiger partial charge in [-0.15, -0.1) is 0 Å². The molecule has 0 fully saturated rings. The predicted octanol–water partition coefficient (Wildman–Crippen LogP) is 1.88. The molecule has 0 radical (unpaired) electrons. The number of hydrogen-bond acceptors (Lipinski definition) is 2. The Morgan fingerprint density at radius 1 is 1.50 bits per heavy atom. The molecule has 14 heavy (non-hydrogen) atoms. The summed E-state index contributed by atoms with van der Waals surface area (Å²) < 4.78 is 31.4. The average molecular weight is 220 g/mol. The monoisotopic (exact) mass is 219 g/mol. The van der Waals surface area contributed by atoms with Crippen LogP contribution in [0, 0.1) is 11.6 Å². The van der Waals surface area contributed by atoms with Crippen molar-refractivity contribution in [3.63, 3.8) is 0 Å². The van der Waals surface area contributed by atoms with Gasteiger partial charge in [0, 0.05) is 11.6 Å². The molecule has 1 aliphatic rings. The van der Waals surface area contributed by atoms with Crippen molar-refractivity contribution in [3.8, 4) is 5.75 Å². The lowest BCUT2D eigenvalue weighted by Gasteiger charge is -2.23. The van der Waals surface area contributed by atoms with Crippen molar-refractivity contribution >= 4 is 11.6 Å². The van der Waals surface area contributed by atoms with Crippen LogP contribution in [0.15, 0.2) is 6.07 Å². The Morgan fingerprint density at radius 3 is 2.93 bits per heavy atom. The van der Waals surface area contributed by atoms with Crippen LogP contribution in [-0.4, -0.2) is 12.6 Å². The number of ether oxygens (including phenoxy) is 1. The van der Waals surface area contributed by atoms with Crippen molar-refractivity contribution in [3.05, 3.63) is 28.3 Å². The first-order valence-corrected chi connectivity index (χ1v) is 4.52. The molecule has 2 N–H and O–H groups in total. The van der Waals surface area contributed by atoms with E-state index in [1.807, 2.05) is 0 Å². The second kappa shape index (κ2) is 3.37. The molecule has 0 saturated heterocycles. The number of benzene rings is 1. The van der Waals surface area contributed by atoms with Gasteiger partial charge >= 0.3 is 0 Å². The van der Waals surface area contributed by atoms with Gasteiger partial charge in [0.2, 0.25) is 0 Å².